The third kappa shape index (κ3) is 3.51. The molecule has 1 N–H and O–H groups in total. The van der Waals surface area contributed by atoms with Crippen molar-refractivity contribution in [2.24, 2.45) is 5.92 Å². The van der Waals surface area contributed by atoms with Gasteiger partial charge in [0.25, 0.3) is 0 Å². The number of aliphatic carboxylic acids is 1. The molecule has 2 unspecified atom stereocenters. The monoisotopic (exact) mass is 291 g/mol. The Morgan fingerprint density at radius 1 is 1.52 bits per heavy atom. The molecule has 0 aromatic carbocycles. The smallest absolute Gasteiger partial charge is 0.326 e. The Morgan fingerprint density at radius 3 is 2.90 bits per heavy atom. The van der Waals surface area contributed by atoms with Crippen LogP contribution in [-0.2, 0) is 11.3 Å². The number of urea groups is 1. The third-order valence-electron chi connectivity index (χ3n) is 3.90. The number of nitrogens with zero attached hydrogens (tertiary/aromatic N) is 3. The van der Waals surface area contributed by atoms with Crippen molar-refractivity contribution >= 4 is 12.0 Å². The maximum Gasteiger partial charge on any atom is 0.326 e. The minimum absolute atomic E-state index is 0.0213. The molecule has 6 nitrogen and oxygen atoms in total. The number of carboxylic acids is 1. The fraction of sp³-hybridized carbons (Fsp3) is 0.533. The predicted octanol–water partition coefficient (Wildman–Crippen LogP) is 1.82. The summed E-state index contributed by atoms with van der Waals surface area (Å²) < 4.78 is 0. The lowest BCUT2D eigenvalue weighted by atomic mass is 9.91. The molecule has 114 valence electrons. The molecule has 1 aromatic rings. The van der Waals surface area contributed by atoms with Crippen LogP contribution < -0.4 is 0 Å². The van der Waals surface area contributed by atoms with Crippen LogP contribution in [-0.4, -0.2) is 51.5 Å². The van der Waals surface area contributed by atoms with Crippen molar-refractivity contribution < 1.29 is 14.7 Å². The maximum absolute atomic E-state index is 12.5. The first kappa shape index (κ1) is 15.3. The second-order valence-corrected chi connectivity index (χ2v) is 5.60. The van der Waals surface area contributed by atoms with E-state index >= 15 is 0 Å². The standard InChI is InChI=1S/C15H21N3O3/c1-11-5-4-8-18(13(11)14(19)20)15(21)17(2)10-12-6-3-7-16-9-12/h3,6-7,9,11,13H,4-5,8,10H2,1-2H3,(H,19,20). The minimum Gasteiger partial charge on any atom is -0.480 e. The quantitative estimate of drug-likeness (QED) is 0.922. The normalized spacial score (nSPS) is 21.9. The number of rotatable bonds is 3. The molecule has 1 aliphatic heterocycles. The topological polar surface area (TPSA) is 73.7 Å². The molecular formula is C15H21N3O3. The fourth-order valence-corrected chi connectivity index (χ4v) is 2.83. The summed E-state index contributed by atoms with van der Waals surface area (Å²) in [6, 6.07) is 2.74. The van der Waals surface area contributed by atoms with E-state index in [4.69, 9.17) is 0 Å². The fourth-order valence-electron chi connectivity index (χ4n) is 2.83. The summed E-state index contributed by atoms with van der Waals surface area (Å²) in [6.45, 7) is 2.81. The highest BCUT2D eigenvalue weighted by molar-refractivity contribution is 5.83. The van der Waals surface area contributed by atoms with Crippen LogP contribution in [0.4, 0.5) is 4.79 Å². The summed E-state index contributed by atoms with van der Waals surface area (Å²) in [4.78, 5) is 31.0. The van der Waals surface area contributed by atoms with E-state index in [0.717, 1.165) is 18.4 Å². The summed E-state index contributed by atoms with van der Waals surface area (Å²) in [6.07, 6.45) is 5.07. The first-order valence-corrected chi connectivity index (χ1v) is 7.14. The molecule has 1 aliphatic rings. The number of likely N-dealkylation sites (tertiary alicyclic amines) is 1. The molecule has 21 heavy (non-hydrogen) atoms. The molecule has 0 spiro atoms. The molecule has 0 aliphatic carbocycles. The second-order valence-electron chi connectivity index (χ2n) is 5.60. The number of hydrogen-bond acceptors (Lipinski definition) is 3. The van der Waals surface area contributed by atoms with Crippen LogP contribution in [0, 0.1) is 5.92 Å². The van der Waals surface area contributed by atoms with Gasteiger partial charge in [0.1, 0.15) is 6.04 Å². The van der Waals surface area contributed by atoms with Gasteiger partial charge in [-0.3, -0.25) is 4.98 Å². The van der Waals surface area contributed by atoms with Gasteiger partial charge < -0.3 is 14.9 Å². The Morgan fingerprint density at radius 2 is 2.29 bits per heavy atom. The van der Waals surface area contributed by atoms with E-state index in [1.807, 2.05) is 19.1 Å². The molecule has 1 fully saturated rings. The van der Waals surface area contributed by atoms with Crippen molar-refractivity contribution in [2.75, 3.05) is 13.6 Å². The van der Waals surface area contributed by atoms with E-state index in [1.54, 1.807) is 24.3 Å². The molecule has 2 atom stereocenters. The van der Waals surface area contributed by atoms with Crippen molar-refractivity contribution in [3.63, 3.8) is 0 Å². The zero-order valence-electron chi connectivity index (χ0n) is 12.4. The Kier molecular flexibility index (Phi) is 4.77. The molecule has 0 bridgehead atoms. The number of aromatic nitrogens is 1. The van der Waals surface area contributed by atoms with Crippen molar-refractivity contribution in [2.45, 2.75) is 32.4 Å². The minimum atomic E-state index is -0.926. The van der Waals surface area contributed by atoms with Crippen molar-refractivity contribution in [3.8, 4) is 0 Å². The number of carbonyl (C=O) groups excluding carboxylic acids is 1. The van der Waals surface area contributed by atoms with E-state index in [-0.39, 0.29) is 11.9 Å². The molecule has 2 rings (SSSR count). The number of pyridine rings is 1. The largest absolute Gasteiger partial charge is 0.480 e. The number of carbonyl (C=O) groups is 2. The summed E-state index contributed by atoms with van der Waals surface area (Å²) in [7, 11) is 1.69. The van der Waals surface area contributed by atoms with E-state index in [2.05, 4.69) is 4.98 Å². The molecule has 6 heteroatoms. The number of piperidine rings is 1. The lowest BCUT2D eigenvalue weighted by molar-refractivity contribution is -0.145. The lowest BCUT2D eigenvalue weighted by Crippen LogP contribution is -2.55. The predicted molar refractivity (Wildman–Crippen MR) is 77.6 cm³/mol. The number of hydrogen-bond donors (Lipinski definition) is 1. The van der Waals surface area contributed by atoms with Crippen LogP contribution in [0.15, 0.2) is 24.5 Å². The average Bonchev–Trinajstić information content (AvgIpc) is 2.46. The van der Waals surface area contributed by atoms with Gasteiger partial charge in [-0.2, -0.15) is 0 Å². The van der Waals surface area contributed by atoms with Gasteiger partial charge in [-0.25, -0.2) is 9.59 Å². The van der Waals surface area contributed by atoms with Gasteiger partial charge in [0.2, 0.25) is 0 Å². The van der Waals surface area contributed by atoms with Gasteiger partial charge in [0.05, 0.1) is 0 Å². The Labute approximate surface area is 124 Å². The zero-order chi connectivity index (χ0) is 15.4. The van der Waals surface area contributed by atoms with Crippen molar-refractivity contribution in [1.29, 1.82) is 0 Å². The second kappa shape index (κ2) is 6.56. The number of carboxylic acid groups (broad SMARTS) is 1. The van der Waals surface area contributed by atoms with Crippen LogP contribution in [0.2, 0.25) is 0 Å². The van der Waals surface area contributed by atoms with E-state index in [9.17, 15) is 14.7 Å². The highest BCUT2D eigenvalue weighted by atomic mass is 16.4. The molecular weight excluding hydrogens is 270 g/mol. The third-order valence-corrected chi connectivity index (χ3v) is 3.90. The molecule has 0 saturated carbocycles. The van der Waals surface area contributed by atoms with Crippen LogP contribution >= 0.6 is 0 Å². The van der Waals surface area contributed by atoms with Crippen LogP contribution in [0.25, 0.3) is 0 Å². The first-order valence-electron chi connectivity index (χ1n) is 7.14. The molecule has 1 aromatic heterocycles. The number of amides is 2. The van der Waals surface area contributed by atoms with Crippen molar-refractivity contribution in [3.05, 3.63) is 30.1 Å². The zero-order valence-corrected chi connectivity index (χ0v) is 12.4. The molecule has 2 amide bonds. The SMILES string of the molecule is CC1CCCN(C(=O)N(C)Cc2cccnc2)C1C(=O)O. The molecule has 1 saturated heterocycles. The molecule has 2 heterocycles. The Hall–Kier alpha value is -2.11. The summed E-state index contributed by atoms with van der Waals surface area (Å²) in [5.41, 5.74) is 0.922. The van der Waals surface area contributed by atoms with Crippen molar-refractivity contribution in [1.82, 2.24) is 14.8 Å². The summed E-state index contributed by atoms with van der Waals surface area (Å²) in [5.74, 6) is -0.947. The Bertz CT molecular complexity index is 506. The van der Waals surface area contributed by atoms with Gasteiger partial charge in [-0.15, -0.1) is 0 Å². The van der Waals surface area contributed by atoms with Crippen LogP contribution in [0.3, 0.4) is 0 Å². The van der Waals surface area contributed by atoms with Gasteiger partial charge >= 0.3 is 12.0 Å². The molecule has 0 radical (unpaired) electrons. The first-order chi connectivity index (χ1) is 10.0. The van der Waals surface area contributed by atoms with E-state index in [1.165, 1.54) is 4.90 Å². The Balaban J connectivity index is 2.08. The summed E-state index contributed by atoms with van der Waals surface area (Å²) in [5, 5.41) is 9.38. The summed E-state index contributed by atoms with van der Waals surface area (Å²) >= 11 is 0. The van der Waals surface area contributed by atoms with Gasteiger partial charge in [0.15, 0.2) is 0 Å². The highest BCUT2D eigenvalue weighted by Crippen LogP contribution is 2.24. The lowest BCUT2D eigenvalue weighted by Gasteiger charge is -2.39. The maximum atomic E-state index is 12.5. The highest BCUT2D eigenvalue weighted by Gasteiger charge is 2.38. The van der Waals surface area contributed by atoms with Crippen LogP contribution in [0.1, 0.15) is 25.3 Å². The van der Waals surface area contributed by atoms with Gasteiger partial charge in [-0.1, -0.05) is 13.0 Å². The van der Waals surface area contributed by atoms with E-state index < -0.39 is 12.0 Å². The van der Waals surface area contributed by atoms with Crippen LogP contribution in [0.5, 0.6) is 0 Å². The van der Waals surface area contributed by atoms with Gasteiger partial charge in [0, 0.05) is 32.5 Å². The van der Waals surface area contributed by atoms with E-state index in [0.29, 0.717) is 13.1 Å². The average molecular weight is 291 g/mol. The van der Waals surface area contributed by atoms with Gasteiger partial charge in [-0.05, 0) is 30.4 Å².